The number of rotatable bonds is 8. The normalized spacial score (nSPS) is 10.6. The maximum Gasteiger partial charge on any atom is 0.328 e. The number of aromatic nitrogens is 4. The number of hydrogen-bond donors (Lipinski definition) is 3. The van der Waals surface area contributed by atoms with Crippen LogP contribution in [0.5, 0.6) is 5.75 Å². The zero-order chi connectivity index (χ0) is 27.5. The van der Waals surface area contributed by atoms with E-state index >= 15 is 0 Å². The van der Waals surface area contributed by atoms with Gasteiger partial charge in [-0.1, -0.05) is 18.2 Å². The average molecular weight is 510 g/mol. The molecule has 3 rings (SSSR count). The minimum atomic E-state index is -0.723. The Labute approximate surface area is 212 Å². The van der Waals surface area contributed by atoms with Crippen LogP contribution in [0.25, 0.3) is 6.08 Å². The monoisotopic (exact) mass is 509 g/mol. The van der Waals surface area contributed by atoms with Crippen LogP contribution < -0.4 is 32.6 Å². The standard InChI is InChI=1S/C23H25N5O6.C3H6/c1-14-10-27(22(32)25-20(14)30)12-17(13-28-11-15(2)21(31)26-23(28)33)24-19(29)9-6-16-4-7-18(34-3)8-5-16;1-3-2/h4-11,17H,12-13H2,1-3H3,(H,24,29)(H,25,30,32)(H,26,31,33);3H,1H2,2H3/b9-6+;. The molecule has 0 aliphatic heterocycles. The molecule has 0 saturated carbocycles. The van der Waals surface area contributed by atoms with Gasteiger partial charge >= 0.3 is 11.4 Å². The summed E-state index contributed by atoms with van der Waals surface area (Å²) in [7, 11) is 1.56. The van der Waals surface area contributed by atoms with Gasteiger partial charge in [-0.15, -0.1) is 6.58 Å². The molecule has 37 heavy (non-hydrogen) atoms. The second-order valence-corrected chi connectivity index (χ2v) is 8.17. The Morgan fingerprint density at radius 3 is 1.86 bits per heavy atom. The van der Waals surface area contributed by atoms with Gasteiger partial charge in [0.05, 0.1) is 13.2 Å². The van der Waals surface area contributed by atoms with E-state index in [1.54, 1.807) is 57.4 Å². The molecule has 0 unspecified atom stereocenters. The number of amides is 1. The van der Waals surface area contributed by atoms with E-state index in [9.17, 15) is 24.0 Å². The number of H-pyrrole nitrogens is 2. The molecule has 3 aromatic rings. The van der Waals surface area contributed by atoms with E-state index in [1.807, 2.05) is 6.92 Å². The molecular weight excluding hydrogens is 478 g/mol. The van der Waals surface area contributed by atoms with Gasteiger partial charge in [-0.2, -0.15) is 0 Å². The topological polar surface area (TPSA) is 148 Å². The summed E-state index contributed by atoms with van der Waals surface area (Å²) in [6.07, 6.45) is 7.46. The molecule has 2 heterocycles. The van der Waals surface area contributed by atoms with E-state index in [0.29, 0.717) is 16.9 Å². The molecular formula is C26H31N5O6. The van der Waals surface area contributed by atoms with Gasteiger partial charge in [0, 0.05) is 42.7 Å². The van der Waals surface area contributed by atoms with Gasteiger partial charge in [0.15, 0.2) is 0 Å². The van der Waals surface area contributed by atoms with Gasteiger partial charge in [0.1, 0.15) is 5.75 Å². The summed E-state index contributed by atoms with van der Waals surface area (Å²) in [4.78, 5) is 64.9. The van der Waals surface area contributed by atoms with E-state index in [2.05, 4.69) is 21.9 Å². The van der Waals surface area contributed by atoms with Crippen LogP contribution in [0.1, 0.15) is 23.6 Å². The van der Waals surface area contributed by atoms with Crippen LogP contribution in [0, 0.1) is 13.8 Å². The van der Waals surface area contributed by atoms with Crippen molar-refractivity contribution >= 4 is 12.0 Å². The second kappa shape index (κ2) is 13.4. The van der Waals surface area contributed by atoms with Gasteiger partial charge in [0.25, 0.3) is 11.1 Å². The van der Waals surface area contributed by atoms with Gasteiger partial charge in [0.2, 0.25) is 5.91 Å². The zero-order valence-corrected chi connectivity index (χ0v) is 21.2. The molecule has 0 aliphatic rings. The van der Waals surface area contributed by atoms with Gasteiger partial charge < -0.3 is 10.1 Å². The SMILES string of the molecule is C=CC.COc1ccc(/C=C/C(=O)NC(Cn2cc(C)c(=O)[nH]c2=O)Cn2cc(C)c(=O)[nH]c2=O)cc1. The van der Waals surface area contributed by atoms with Crippen molar-refractivity contribution in [2.45, 2.75) is 39.9 Å². The molecule has 0 aliphatic carbocycles. The number of nitrogens with one attached hydrogen (secondary N) is 3. The van der Waals surface area contributed by atoms with Gasteiger partial charge in [-0.25, -0.2) is 9.59 Å². The van der Waals surface area contributed by atoms with Crippen LogP contribution >= 0.6 is 0 Å². The van der Waals surface area contributed by atoms with Crippen molar-refractivity contribution in [3.8, 4) is 5.75 Å². The quantitative estimate of drug-likeness (QED) is 0.306. The first-order valence-corrected chi connectivity index (χ1v) is 11.4. The molecule has 2 aromatic heterocycles. The third-order valence-electron chi connectivity index (χ3n) is 5.10. The molecule has 1 aromatic carbocycles. The molecule has 0 saturated heterocycles. The second-order valence-electron chi connectivity index (χ2n) is 8.17. The summed E-state index contributed by atoms with van der Waals surface area (Å²) < 4.78 is 7.60. The largest absolute Gasteiger partial charge is 0.497 e. The highest BCUT2D eigenvalue weighted by atomic mass is 16.5. The Hall–Kier alpha value is -4.67. The number of allylic oxidation sites excluding steroid dienone is 1. The lowest BCUT2D eigenvalue weighted by molar-refractivity contribution is -0.117. The van der Waals surface area contributed by atoms with E-state index in [0.717, 1.165) is 5.56 Å². The number of ether oxygens (including phenoxy) is 1. The fourth-order valence-electron chi connectivity index (χ4n) is 3.27. The average Bonchev–Trinajstić information content (AvgIpc) is 2.85. The van der Waals surface area contributed by atoms with Crippen LogP contribution in [-0.4, -0.2) is 38.2 Å². The van der Waals surface area contributed by atoms with Crippen molar-refractivity contribution in [2.24, 2.45) is 0 Å². The van der Waals surface area contributed by atoms with Crippen molar-refractivity contribution in [1.29, 1.82) is 0 Å². The van der Waals surface area contributed by atoms with Crippen LogP contribution in [-0.2, 0) is 17.9 Å². The molecule has 11 nitrogen and oxygen atoms in total. The summed E-state index contributed by atoms with van der Waals surface area (Å²) in [6, 6.07) is 6.36. The smallest absolute Gasteiger partial charge is 0.328 e. The molecule has 1 amide bonds. The minimum absolute atomic E-state index is 0.0246. The highest BCUT2D eigenvalue weighted by Crippen LogP contribution is 2.12. The molecule has 11 heteroatoms. The lowest BCUT2D eigenvalue weighted by atomic mass is 10.2. The number of carbonyl (C=O) groups is 1. The summed E-state index contributed by atoms with van der Waals surface area (Å²) in [6.45, 7) is 8.30. The van der Waals surface area contributed by atoms with Crippen molar-refractivity contribution in [3.63, 3.8) is 0 Å². The summed E-state index contributed by atoms with van der Waals surface area (Å²) in [5.41, 5.74) is -0.884. The minimum Gasteiger partial charge on any atom is -0.497 e. The maximum absolute atomic E-state index is 12.6. The maximum atomic E-state index is 12.6. The fraction of sp³-hybridized carbons (Fsp3) is 0.269. The number of aryl methyl sites for hydroxylation is 2. The summed E-state index contributed by atoms with van der Waals surface area (Å²) >= 11 is 0. The number of nitrogens with zero attached hydrogens (tertiary/aromatic N) is 2. The van der Waals surface area contributed by atoms with E-state index in [1.165, 1.54) is 27.6 Å². The lowest BCUT2D eigenvalue weighted by Gasteiger charge is -2.20. The van der Waals surface area contributed by atoms with Crippen LogP contribution in [0.4, 0.5) is 0 Å². The third kappa shape index (κ3) is 8.49. The van der Waals surface area contributed by atoms with Crippen LogP contribution in [0.15, 0.2) is 74.6 Å². The van der Waals surface area contributed by atoms with Crippen LogP contribution in [0.2, 0.25) is 0 Å². The fourth-order valence-corrected chi connectivity index (χ4v) is 3.27. The molecule has 0 radical (unpaired) electrons. The Morgan fingerprint density at radius 1 is 0.973 bits per heavy atom. The third-order valence-corrected chi connectivity index (χ3v) is 5.10. The Bertz CT molecular complexity index is 1420. The molecule has 0 atom stereocenters. The van der Waals surface area contributed by atoms with Gasteiger partial charge in [-0.05, 0) is 44.5 Å². The number of methoxy groups -OCH3 is 1. The first kappa shape index (κ1) is 28.6. The Balaban J connectivity index is 0.00000153. The first-order chi connectivity index (χ1) is 17.6. The number of carbonyl (C=O) groups excluding carboxylic acids is 1. The summed E-state index contributed by atoms with van der Waals surface area (Å²) in [5, 5.41) is 2.78. The predicted octanol–water partition coefficient (Wildman–Crippen LogP) is 1.10. The Kier molecular flexibility index (Phi) is 10.4. The van der Waals surface area contributed by atoms with Crippen molar-refractivity contribution in [2.75, 3.05) is 7.11 Å². The van der Waals surface area contributed by atoms with Crippen molar-refractivity contribution in [3.05, 3.63) is 114 Å². The lowest BCUT2D eigenvalue weighted by Crippen LogP contribution is -2.45. The number of aromatic amines is 2. The van der Waals surface area contributed by atoms with Crippen LogP contribution in [0.3, 0.4) is 0 Å². The number of benzene rings is 1. The predicted molar refractivity (Wildman–Crippen MR) is 142 cm³/mol. The molecule has 3 N–H and O–H groups in total. The van der Waals surface area contributed by atoms with Crippen molar-refractivity contribution < 1.29 is 9.53 Å². The van der Waals surface area contributed by atoms with Crippen molar-refractivity contribution in [1.82, 2.24) is 24.4 Å². The first-order valence-electron chi connectivity index (χ1n) is 11.4. The number of hydrogen-bond acceptors (Lipinski definition) is 6. The zero-order valence-electron chi connectivity index (χ0n) is 21.2. The molecule has 0 bridgehead atoms. The van der Waals surface area contributed by atoms with E-state index in [-0.39, 0.29) is 13.1 Å². The van der Waals surface area contributed by atoms with E-state index in [4.69, 9.17) is 4.74 Å². The molecule has 0 fully saturated rings. The van der Waals surface area contributed by atoms with E-state index < -0.39 is 34.4 Å². The summed E-state index contributed by atoms with van der Waals surface area (Å²) in [5.74, 6) is 0.231. The highest BCUT2D eigenvalue weighted by molar-refractivity contribution is 5.91. The van der Waals surface area contributed by atoms with Gasteiger partial charge in [-0.3, -0.25) is 33.5 Å². The molecule has 0 spiro atoms. The Morgan fingerprint density at radius 2 is 1.43 bits per heavy atom. The highest BCUT2D eigenvalue weighted by Gasteiger charge is 2.16. The molecule has 196 valence electrons.